The summed E-state index contributed by atoms with van der Waals surface area (Å²) in [6.07, 6.45) is -0.316. The SMILES string of the molecule is COC(=O)N(C)CCC(=O)OCc1ccccc1. The van der Waals surface area contributed by atoms with Gasteiger partial charge < -0.3 is 14.4 Å². The van der Waals surface area contributed by atoms with E-state index in [1.54, 1.807) is 7.05 Å². The molecule has 0 fully saturated rings. The Morgan fingerprint density at radius 2 is 1.89 bits per heavy atom. The Kier molecular flexibility index (Phi) is 5.70. The van der Waals surface area contributed by atoms with Gasteiger partial charge in [0.25, 0.3) is 0 Å². The summed E-state index contributed by atoms with van der Waals surface area (Å²) in [5.74, 6) is -0.338. The summed E-state index contributed by atoms with van der Waals surface area (Å²) >= 11 is 0. The third-order valence-corrected chi connectivity index (χ3v) is 2.38. The molecule has 0 saturated carbocycles. The fraction of sp³-hybridized carbons (Fsp3) is 0.385. The second-order valence-electron chi connectivity index (χ2n) is 3.79. The van der Waals surface area contributed by atoms with Crippen LogP contribution in [0.4, 0.5) is 4.79 Å². The number of ether oxygens (including phenoxy) is 2. The van der Waals surface area contributed by atoms with Crippen molar-refractivity contribution in [1.82, 2.24) is 4.90 Å². The lowest BCUT2D eigenvalue weighted by Crippen LogP contribution is -2.29. The Morgan fingerprint density at radius 3 is 2.50 bits per heavy atom. The van der Waals surface area contributed by atoms with Crippen molar-refractivity contribution in [3.63, 3.8) is 0 Å². The standard InChI is InChI=1S/C13H17NO4/c1-14(13(16)17-2)9-8-12(15)18-10-11-6-4-3-5-7-11/h3-7H,8-10H2,1-2H3. The summed E-state index contributed by atoms with van der Waals surface area (Å²) in [5, 5.41) is 0. The first-order chi connectivity index (χ1) is 8.63. The lowest BCUT2D eigenvalue weighted by atomic mass is 10.2. The summed E-state index contributed by atoms with van der Waals surface area (Å²) < 4.78 is 9.58. The Morgan fingerprint density at radius 1 is 1.22 bits per heavy atom. The van der Waals surface area contributed by atoms with Gasteiger partial charge in [-0.25, -0.2) is 4.79 Å². The van der Waals surface area contributed by atoms with Crippen LogP contribution in [0.1, 0.15) is 12.0 Å². The minimum absolute atomic E-state index is 0.151. The molecular formula is C13H17NO4. The number of carbonyl (C=O) groups is 2. The van der Waals surface area contributed by atoms with Gasteiger partial charge in [-0.15, -0.1) is 0 Å². The molecule has 0 aromatic heterocycles. The number of rotatable bonds is 5. The molecular weight excluding hydrogens is 234 g/mol. The zero-order valence-corrected chi connectivity index (χ0v) is 10.6. The Bertz CT molecular complexity index is 391. The summed E-state index contributed by atoms with van der Waals surface area (Å²) in [7, 11) is 2.86. The predicted octanol–water partition coefficient (Wildman–Crippen LogP) is 1.82. The molecule has 5 nitrogen and oxygen atoms in total. The maximum atomic E-state index is 11.4. The zero-order valence-electron chi connectivity index (χ0n) is 10.6. The lowest BCUT2D eigenvalue weighted by Gasteiger charge is -2.14. The summed E-state index contributed by atoms with van der Waals surface area (Å²) in [4.78, 5) is 23.8. The number of benzene rings is 1. The highest BCUT2D eigenvalue weighted by atomic mass is 16.5. The zero-order chi connectivity index (χ0) is 13.4. The monoisotopic (exact) mass is 251 g/mol. The van der Waals surface area contributed by atoms with Crippen molar-refractivity contribution < 1.29 is 19.1 Å². The van der Waals surface area contributed by atoms with Crippen LogP contribution >= 0.6 is 0 Å². The molecule has 0 saturated heterocycles. The third kappa shape index (κ3) is 4.86. The number of nitrogens with zero attached hydrogens (tertiary/aromatic N) is 1. The maximum absolute atomic E-state index is 11.4. The van der Waals surface area contributed by atoms with Gasteiger partial charge in [-0.2, -0.15) is 0 Å². The van der Waals surface area contributed by atoms with Gasteiger partial charge in [-0.05, 0) is 5.56 Å². The second-order valence-corrected chi connectivity index (χ2v) is 3.79. The van der Waals surface area contributed by atoms with E-state index in [1.807, 2.05) is 30.3 Å². The first kappa shape index (κ1) is 14.0. The Balaban J connectivity index is 2.24. The molecule has 18 heavy (non-hydrogen) atoms. The van der Waals surface area contributed by atoms with Crippen LogP contribution in [0.2, 0.25) is 0 Å². The highest BCUT2D eigenvalue weighted by molar-refractivity contribution is 5.71. The van der Waals surface area contributed by atoms with Gasteiger partial charge in [0.05, 0.1) is 13.5 Å². The number of hydrogen-bond acceptors (Lipinski definition) is 4. The average molecular weight is 251 g/mol. The molecule has 1 amide bonds. The van der Waals surface area contributed by atoms with E-state index in [9.17, 15) is 9.59 Å². The van der Waals surface area contributed by atoms with Gasteiger partial charge in [0.15, 0.2) is 0 Å². The molecule has 1 rings (SSSR count). The van der Waals surface area contributed by atoms with Crippen molar-refractivity contribution >= 4 is 12.1 Å². The molecule has 0 N–H and O–H groups in total. The van der Waals surface area contributed by atoms with E-state index in [4.69, 9.17) is 4.74 Å². The molecule has 0 spiro atoms. The van der Waals surface area contributed by atoms with E-state index < -0.39 is 6.09 Å². The van der Waals surface area contributed by atoms with Gasteiger partial charge in [0, 0.05) is 13.6 Å². The number of hydrogen-bond donors (Lipinski definition) is 0. The van der Waals surface area contributed by atoms with Gasteiger partial charge in [0.2, 0.25) is 0 Å². The highest BCUT2D eigenvalue weighted by Gasteiger charge is 2.11. The minimum Gasteiger partial charge on any atom is -0.461 e. The molecule has 0 atom stereocenters. The van der Waals surface area contributed by atoms with Crippen LogP contribution in [0.5, 0.6) is 0 Å². The van der Waals surface area contributed by atoms with Crippen molar-refractivity contribution in [3.8, 4) is 0 Å². The van der Waals surface area contributed by atoms with Crippen LogP contribution in [0.3, 0.4) is 0 Å². The largest absolute Gasteiger partial charge is 0.461 e. The van der Waals surface area contributed by atoms with Crippen LogP contribution in [-0.4, -0.2) is 37.7 Å². The predicted molar refractivity (Wildman–Crippen MR) is 65.9 cm³/mol. The number of carbonyl (C=O) groups excluding carboxylic acids is 2. The van der Waals surface area contributed by atoms with Gasteiger partial charge in [-0.1, -0.05) is 30.3 Å². The quantitative estimate of drug-likeness (QED) is 0.749. The van der Waals surface area contributed by atoms with Crippen LogP contribution in [0.25, 0.3) is 0 Å². The van der Waals surface area contributed by atoms with E-state index in [-0.39, 0.29) is 25.5 Å². The van der Waals surface area contributed by atoms with Crippen molar-refractivity contribution in [2.45, 2.75) is 13.0 Å². The van der Waals surface area contributed by atoms with Gasteiger partial charge >= 0.3 is 12.1 Å². The van der Waals surface area contributed by atoms with Crippen molar-refractivity contribution in [2.75, 3.05) is 20.7 Å². The number of methoxy groups -OCH3 is 1. The van der Waals surface area contributed by atoms with Crippen LogP contribution in [0, 0.1) is 0 Å². The molecule has 0 aliphatic rings. The molecule has 5 heteroatoms. The van der Waals surface area contributed by atoms with E-state index in [1.165, 1.54) is 12.0 Å². The fourth-order valence-corrected chi connectivity index (χ4v) is 1.32. The maximum Gasteiger partial charge on any atom is 0.409 e. The second kappa shape index (κ2) is 7.32. The number of esters is 1. The molecule has 0 aliphatic heterocycles. The summed E-state index contributed by atoms with van der Waals surface area (Å²) in [5.41, 5.74) is 0.937. The van der Waals surface area contributed by atoms with E-state index >= 15 is 0 Å². The average Bonchev–Trinajstić information content (AvgIpc) is 2.42. The van der Waals surface area contributed by atoms with Gasteiger partial charge in [0.1, 0.15) is 6.61 Å². The molecule has 0 bridgehead atoms. The summed E-state index contributed by atoms with van der Waals surface area (Å²) in [6.45, 7) is 0.530. The van der Waals surface area contributed by atoms with E-state index in [0.717, 1.165) is 5.56 Å². The Hall–Kier alpha value is -2.04. The highest BCUT2D eigenvalue weighted by Crippen LogP contribution is 2.02. The van der Waals surface area contributed by atoms with Crippen molar-refractivity contribution in [1.29, 1.82) is 0 Å². The fourth-order valence-electron chi connectivity index (χ4n) is 1.32. The third-order valence-electron chi connectivity index (χ3n) is 2.38. The topological polar surface area (TPSA) is 55.8 Å². The van der Waals surface area contributed by atoms with Crippen LogP contribution in [-0.2, 0) is 20.9 Å². The first-order valence-electron chi connectivity index (χ1n) is 5.62. The molecule has 98 valence electrons. The summed E-state index contributed by atoms with van der Waals surface area (Å²) in [6, 6.07) is 9.43. The molecule has 0 heterocycles. The van der Waals surface area contributed by atoms with Crippen molar-refractivity contribution in [2.24, 2.45) is 0 Å². The molecule has 0 unspecified atom stereocenters. The Labute approximate surface area is 106 Å². The molecule has 1 aromatic carbocycles. The number of amides is 1. The van der Waals surface area contributed by atoms with Crippen LogP contribution < -0.4 is 0 Å². The lowest BCUT2D eigenvalue weighted by molar-refractivity contribution is -0.145. The van der Waals surface area contributed by atoms with Crippen LogP contribution in [0.15, 0.2) is 30.3 Å². The van der Waals surface area contributed by atoms with Crippen molar-refractivity contribution in [3.05, 3.63) is 35.9 Å². The normalized spacial score (nSPS) is 9.67. The molecule has 1 aromatic rings. The first-order valence-corrected chi connectivity index (χ1v) is 5.62. The van der Waals surface area contributed by atoms with E-state index in [0.29, 0.717) is 0 Å². The molecule has 0 radical (unpaired) electrons. The van der Waals surface area contributed by atoms with E-state index in [2.05, 4.69) is 4.74 Å². The minimum atomic E-state index is -0.467. The molecule has 0 aliphatic carbocycles. The van der Waals surface area contributed by atoms with Gasteiger partial charge in [-0.3, -0.25) is 4.79 Å². The smallest absolute Gasteiger partial charge is 0.409 e.